The zero-order valence-corrected chi connectivity index (χ0v) is 12.6. The molecule has 0 unspecified atom stereocenters. The molecule has 7 nitrogen and oxygen atoms in total. The van der Waals surface area contributed by atoms with E-state index >= 15 is 0 Å². The lowest BCUT2D eigenvalue weighted by Crippen LogP contribution is -2.37. The van der Waals surface area contributed by atoms with Crippen LogP contribution >= 0.6 is 0 Å². The van der Waals surface area contributed by atoms with Gasteiger partial charge in [-0.1, -0.05) is 6.07 Å². The van der Waals surface area contributed by atoms with Gasteiger partial charge in [-0.25, -0.2) is 0 Å². The molecule has 3 aromatic heterocycles. The Hall–Kier alpha value is -3.09. The Kier molecular flexibility index (Phi) is 4.09. The van der Waals surface area contributed by atoms with E-state index in [1.807, 2.05) is 18.2 Å². The van der Waals surface area contributed by atoms with Crippen molar-refractivity contribution in [1.82, 2.24) is 20.2 Å². The van der Waals surface area contributed by atoms with Gasteiger partial charge in [-0.15, -0.1) is 0 Å². The standard InChI is InChI=1S/C16H16N4O3/c1-20-12-5-7-23-14(12)8-13(20)16(22)19-10-15(21)18-9-11-4-2-3-6-17-11/h2-8H,9-10H2,1H3,(H,18,21)(H,19,22). The van der Waals surface area contributed by atoms with Crippen LogP contribution in [0.15, 0.2) is 47.2 Å². The number of hydrogen-bond donors (Lipinski definition) is 2. The summed E-state index contributed by atoms with van der Waals surface area (Å²) in [4.78, 5) is 28.0. The first kappa shape index (κ1) is 14.8. The maximum atomic E-state index is 12.1. The summed E-state index contributed by atoms with van der Waals surface area (Å²) in [6.45, 7) is 0.227. The van der Waals surface area contributed by atoms with Crippen LogP contribution in [-0.2, 0) is 18.4 Å². The van der Waals surface area contributed by atoms with Gasteiger partial charge in [-0.3, -0.25) is 14.6 Å². The van der Waals surface area contributed by atoms with Crippen LogP contribution in [0, 0.1) is 0 Å². The minimum absolute atomic E-state index is 0.0990. The highest BCUT2D eigenvalue weighted by Gasteiger charge is 2.15. The number of nitrogens with zero attached hydrogens (tertiary/aromatic N) is 2. The second kappa shape index (κ2) is 6.35. The van der Waals surface area contributed by atoms with Crippen molar-refractivity contribution < 1.29 is 14.0 Å². The fourth-order valence-corrected chi connectivity index (χ4v) is 2.27. The molecular formula is C16H16N4O3. The summed E-state index contributed by atoms with van der Waals surface area (Å²) in [5, 5.41) is 5.29. The maximum Gasteiger partial charge on any atom is 0.268 e. The molecule has 0 fully saturated rings. The van der Waals surface area contributed by atoms with E-state index in [1.165, 1.54) is 0 Å². The molecule has 0 saturated heterocycles. The van der Waals surface area contributed by atoms with Gasteiger partial charge in [0.1, 0.15) is 5.69 Å². The first-order valence-electron chi connectivity index (χ1n) is 7.13. The number of aryl methyl sites for hydroxylation is 1. The number of nitrogens with one attached hydrogen (secondary N) is 2. The van der Waals surface area contributed by atoms with Gasteiger partial charge in [0.15, 0.2) is 5.58 Å². The largest absolute Gasteiger partial charge is 0.463 e. The molecule has 118 valence electrons. The van der Waals surface area contributed by atoms with Crippen LogP contribution in [0.2, 0.25) is 0 Å². The molecule has 0 radical (unpaired) electrons. The summed E-state index contributed by atoms with van der Waals surface area (Å²) in [5.74, 6) is -0.603. The number of fused-ring (bicyclic) bond motifs is 1. The van der Waals surface area contributed by atoms with Gasteiger partial charge in [-0.2, -0.15) is 0 Å². The van der Waals surface area contributed by atoms with Crippen molar-refractivity contribution in [2.45, 2.75) is 6.54 Å². The summed E-state index contributed by atoms with van der Waals surface area (Å²) in [6, 6.07) is 8.91. The highest BCUT2D eigenvalue weighted by atomic mass is 16.3. The molecule has 0 aromatic carbocycles. The van der Waals surface area contributed by atoms with E-state index in [-0.39, 0.29) is 18.4 Å². The third-order valence-corrected chi connectivity index (χ3v) is 3.50. The molecule has 0 aliphatic heterocycles. The van der Waals surface area contributed by atoms with Gasteiger partial charge in [0.05, 0.1) is 30.6 Å². The van der Waals surface area contributed by atoms with Crippen LogP contribution in [0.4, 0.5) is 0 Å². The Labute approximate surface area is 132 Å². The Morgan fingerprint density at radius 2 is 2.13 bits per heavy atom. The molecule has 3 heterocycles. The van der Waals surface area contributed by atoms with Crippen LogP contribution in [0.3, 0.4) is 0 Å². The second-order valence-corrected chi connectivity index (χ2v) is 5.04. The molecule has 0 aliphatic carbocycles. The Morgan fingerprint density at radius 3 is 2.87 bits per heavy atom. The van der Waals surface area contributed by atoms with E-state index in [0.29, 0.717) is 17.8 Å². The van der Waals surface area contributed by atoms with Crippen LogP contribution in [0.25, 0.3) is 11.1 Å². The fourth-order valence-electron chi connectivity index (χ4n) is 2.27. The molecule has 0 atom stereocenters. The average Bonchev–Trinajstić information content (AvgIpc) is 3.15. The van der Waals surface area contributed by atoms with Crippen molar-refractivity contribution in [2.24, 2.45) is 7.05 Å². The van der Waals surface area contributed by atoms with Crippen molar-refractivity contribution in [3.8, 4) is 0 Å². The molecular weight excluding hydrogens is 296 g/mol. The predicted molar refractivity (Wildman–Crippen MR) is 83.6 cm³/mol. The third-order valence-electron chi connectivity index (χ3n) is 3.50. The van der Waals surface area contributed by atoms with E-state index < -0.39 is 0 Å². The van der Waals surface area contributed by atoms with E-state index in [1.54, 1.807) is 36.2 Å². The SMILES string of the molecule is Cn1c(C(=O)NCC(=O)NCc2ccccn2)cc2occc21. The maximum absolute atomic E-state index is 12.1. The van der Waals surface area contributed by atoms with Gasteiger partial charge in [0, 0.05) is 25.4 Å². The quantitative estimate of drug-likeness (QED) is 0.741. The van der Waals surface area contributed by atoms with E-state index in [4.69, 9.17) is 4.42 Å². The number of pyridine rings is 1. The second-order valence-electron chi connectivity index (χ2n) is 5.04. The van der Waals surface area contributed by atoms with Crippen molar-refractivity contribution in [3.05, 3.63) is 54.2 Å². The summed E-state index contributed by atoms with van der Waals surface area (Å²) < 4.78 is 6.98. The predicted octanol–water partition coefficient (Wildman–Crippen LogP) is 1.21. The number of amides is 2. The minimum atomic E-state index is -0.327. The average molecular weight is 312 g/mol. The molecule has 7 heteroatoms. The van der Waals surface area contributed by atoms with Gasteiger partial charge < -0.3 is 19.6 Å². The first-order chi connectivity index (χ1) is 11.1. The number of furan rings is 1. The third kappa shape index (κ3) is 3.23. The van der Waals surface area contributed by atoms with E-state index in [2.05, 4.69) is 15.6 Å². The van der Waals surface area contributed by atoms with Crippen molar-refractivity contribution in [3.63, 3.8) is 0 Å². The number of aromatic nitrogens is 2. The minimum Gasteiger partial charge on any atom is -0.463 e. The smallest absolute Gasteiger partial charge is 0.268 e. The molecule has 0 bridgehead atoms. The number of carbonyl (C=O) groups is 2. The van der Waals surface area contributed by atoms with Crippen molar-refractivity contribution in [2.75, 3.05) is 6.54 Å². The molecule has 2 N–H and O–H groups in total. The lowest BCUT2D eigenvalue weighted by molar-refractivity contribution is -0.120. The molecule has 0 aliphatic rings. The summed E-state index contributed by atoms with van der Waals surface area (Å²) in [6.07, 6.45) is 3.23. The highest BCUT2D eigenvalue weighted by molar-refractivity contribution is 5.99. The van der Waals surface area contributed by atoms with Gasteiger partial charge in [0.2, 0.25) is 5.91 Å². The summed E-state index contributed by atoms with van der Waals surface area (Å²) in [5.41, 5.74) is 2.67. The van der Waals surface area contributed by atoms with Crippen molar-refractivity contribution in [1.29, 1.82) is 0 Å². The Morgan fingerprint density at radius 1 is 1.26 bits per heavy atom. The monoisotopic (exact) mass is 312 g/mol. The van der Waals surface area contributed by atoms with Gasteiger partial charge in [0.25, 0.3) is 5.91 Å². The number of rotatable bonds is 5. The lowest BCUT2D eigenvalue weighted by atomic mass is 10.3. The number of carbonyl (C=O) groups excluding carboxylic acids is 2. The molecule has 3 rings (SSSR count). The topological polar surface area (TPSA) is 89.2 Å². The molecule has 0 spiro atoms. The van der Waals surface area contributed by atoms with Gasteiger partial charge >= 0.3 is 0 Å². The van der Waals surface area contributed by atoms with Crippen LogP contribution in [-0.4, -0.2) is 27.9 Å². The normalized spacial score (nSPS) is 10.7. The van der Waals surface area contributed by atoms with E-state index in [9.17, 15) is 9.59 Å². The summed E-state index contributed by atoms with van der Waals surface area (Å²) in [7, 11) is 1.77. The first-order valence-corrected chi connectivity index (χ1v) is 7.13. The molecule has 0 saturated carbocycles. The summed E-state index contributed by atoms with van der Waals surface area (Å²) >= 11 is 0. The molecule has 2 amide bonds. The fraction of sp³-hybridized carbons (Fsp3) is 0.188. The van der Waals surface area contributed by atoms with E-state index in [0.717, 1.165) is 11.2 Å². The van der Waals surface area contributed by atoms with Gasteiger partial charge in [-0.05, 0) is 12.1 Å². The van der Waals surface area contributed by atoms with Crippen LogP contribution < -0.4 is 10.6 Å². The zero-order chi connectivity index (χ0) is 16.2. The van der Waals surface area contributed by atoms with Crippen LogP contribution in [0.5, 0.6) is 0 Å². The highest BCUT2D eigenvalue weighted by Crippen LogP contribution is 2.19. The van der Waals surface area contributed by atoms with Crippen molar-refractivity contribution >= 4 is 22.9 Å². The molecule has 23 heavy (non-hydrogen) atoms. The lowest BCUT2D eigenvalue weighted by Gasteiger charge is -2.07. The van der Waals surface area contributed by atoms with Crippen LogP contribution in [0.1, 0.15) is 16.2 Å². The zero-order valence-electron chi connectivity index (χ0n) is 12.6. The Bertz CT molecular complexity index is 836. The molecule has 3 aromatic rings. The Balaban J connectivity index is 1.53. The number of hydrogen-bond acceptors (Lipinski definition) is 4.